The number of carbonyl (C=O) groups excluding carboxylic acids is 1. The van der Waals surface area contributed by atoms with Crippen molar-refractivity contribution in [3.05, 3.63) is 28.2 Å². The van der Waals surface area contributed by atoms with Gasteiger partial charge in [-0.1, -0.05) is 0 Å². The third-order valence-electron chi connectivity index (χ3n) is 2.84. The highest BCUT2D eigenvalue weighted by Gasteiger charge is 2.11. The van der Waals surface area contributed by atoms with Crippen LogP contribution in [0.5, 0.6) is 0 Å². The highest BCUT2D eigenvalue weighted by atomic mass is 16.5. The quantitative estimate of drug-likeness (QED) is 0.702. The number of rotatable bonds is 5. The molecule has 0 bridgehead atoms. The van der Waals surface area contributed by atoms with E-state index in [2.05, 4.69) is 15.1 Å². The summed E-state index contributed by atoms with van der Waals surface area (Å²) in [5, 5.41) is 6.03. The normalized spacial score (nSPS) is 16.2. The Morgan fingerprint density at radius 1 is 1.42 bits per heavy atom. The molecule has 1 aromatic rings. The molecule has 0 unspecified atom stereocenters. The number of nitrogens with one attached hydrogen (secondary N) is 1. The van der Waals surface area contributed by atoms with E-state index in [-0.39, 0.29) is 17.9 Å². The number of H-pyrrole nitrogens is 1. The standard InChI is InChI=1S/C12H17N3O4/c16-11-2-1-10(13-14-11)9-12(17)19-8-5-15-3-6-18-7-4-15/h1-2H,3-9H2,(H,14,16). The van der Waals surface area contributed by atoms with Crippen molar-refractivity contribution in [2.75, 3.05) is 39.5 Å². The van der Waals surface area contributed by atoms with Crippen LogP contribution in [0.4, 0.5) is 0 Å². The number of ether oxygens (including phenoxy) is 2. The summed E-state index contributed by atoms with van der Waals surface area (Å²) in [4.78, 5) is 24.5. The monoisotopic (exact) mass is 267 g/mol. The Bertz CT molecular complexity index is 448. The van der Waals surface area contributed by atoms with Crippen molar-refractivity contribution in [3.8, 4) is 0 Å². The van der Waals surface area contributed by atoms with Gasteiger partial charge in [0.15, 0.2) is 0 Å². The predicted molar refractivity (Wildman–Crippen MR) is 66.8 cm³/mol. The molecule has 0 aliphatic carbocycles. The molecule has 0 aromatic carbocycles. The highest BCUT2D eigenvalue weighted by molar-refractivity contribution is 5.71. The molecule has 2 rings (SSSR count). The molecule has 2 heterocycles. The van der Waals surface area contributed by atoms with Gasteiger partial charge in [0, 0.05) is 25.7 Å². The third kappa shape index (κ3) is 4.80. The maximum absolute atomic E-state index is 11.5. The fraction of sp³-hybridized carbons (Fsp3) is 0.583. The topological polar surface area (TPSA) is 84.5 Å². The molecule has 0 amide bonds. The molecule has 104 valence electrons. The first-order valence-corrected chi connectivity index (χ1v) is 6.24. The maximum atomic E-state index is 11.5. The Morgan fingerprint density at radius 3 is 2.89 bits per heavy atom. The zero-order valence-corrected chi connectivity index (χ0v) is 10.6. The van der Waals surface area contributed by atoms with Gasteiger partial charge in [-0.05, 0) is 6.07 Å². The lowest BCUT2D eigenvalue weighted by Crippen LogP contribution is -2.38. The molecule has 1 saturated heterocycles. The number of esters is 1. The number of aromatic amines is 1. The minimum absolute atomic E-state index is 0.0693. The lowest BCUT2D eigenvalue weighted by atomic mass is 10.3. The van der Waals surface area contributed by atoms with Gasteiger partial charge in [0.2, 0.25) is 0 Å². The second kappa shape index (κ2) is 7.01. The van der Waals surface area contributed by atoms with Gasteiger partial charge >= 0.3 is 5.97 Å². The summed E-state index contributed by atoms with van der Waals surface area (Å²) in [5.74, 6) is -0.340. The van der Waals surface area contributed by atoms with E-state index in [1.165, 1.54) is 12.1 Å². The molecule has 0 saturated carbocycles. The van der Waals surface area contributed by atoms with Crippen LogP contribution in [0.25, 0.3) is 0 Å². The molecule has 1 aliphatic rings. The van der Waals surface area contributed by atoms with Gasteiger partial charge in [-0.2, -0.15) is 5.10 Å². The van der Waals surface area contributed by atoms with Crippen molar-refractivity contribution in [1.29, 1.82) is 0 Å². The van der Waals surface area contributed by atoms with E-state index in [9.17, 15) is 9.59 Å². The number of carbonyl (C=O) groups is 1. The first-order valence-electron chi connectivity index (χ1n) is 6.24. The van der Waals surface area contributed by atoms with Gasteiger partial charge in [0.1, 0.15) is 6.61 Å². The van der Waals surface area contributed by atoms with Crippen LogP contribution in [0.1, 0.15) is 5.69 Å². The van der Waals surface area contributed by atoms with E-state index in [1.807, 2.05) is 0 Å². The Labute approximate surface area is 110 Å². The average molecular weight is 267 g/mol. The van der Waals surface area contributed by atoms with E-state index in [0.29, 0.717) is 18.8 Å². The van der Waals surface area contributed by atoms with Crippen LogP contribution in [0.3, 0.4) is 0 Å². The second-order valence-electron chi connectivity index (χ2n) is 4.26. The number of morpholine rings is 1. The predicted octanol–water partition coefficient (Wildman–Crippen LogP) is -0.812. The fourth-order valence-electron chi connectivity index (χ4n) is 1.78. The lowest BCUT2D eigenvalue weighted by Gasteiger charge is -2.26. The Kier molecular flexibility index (Phi) is 5.05. The van der Waals surface area contributed by atoms with Gasteiger partial charge in [-0.15, -0.1) is 0 Å². The largest absolute Gasteiger partial charge is 0.464 e. The van der Waals surface area contributed by atoms with Gasteiger partial charge < -0.3 is 9.47 Å². The summed E-state index contributed by atoms with van der Waals surface area (Å²) in [5.41, 5.74) is 0.209. The Hall–Kier alpha value is -1.73. The molecule has 0 radical (unpaired) electrons. The zero-order valence-electron chi connectivity index (χ0n) is 10.6. The summed E-state index contributed by atoms with van der Waals surface area (Å²) in [6.07, 6.45) is 0.0693. The SMILES string of the molecule is O=C(Cc1ccc(=O)[nH]n1)OCCN1CCOCC1. The van der Waals surface area contributed by atoms with E-state index >= 15 is 0 Å². The summed E-state index contributed by atoms with van der Waals surface area (Å²) < 4.78 is 10.4. The van der Waals surface area contributed by atoms with Gasteiger partial charge in [0.05, 0.1) is 25.3 Å². The van der Waals surface area contributed by atoms with Crippen LogP contribution in [-0.2, 0) is 20.7 Å². The van der Waals surface area contributed by atoms with Crippen molar-refractivity contribution < 1.29 is 14.3 Å². The van der Waals surface area contributed by atoms with Crippen LogP contribution in [0.15, 0.2) is 16.9 Å². The van der Waals surface area contributed by atoms with E-state index in [1.54, 1.807) is 0 Å². The molecular formula is C12H17N3O4. The highest BCUT2D eigenvalue weighted by Crippen LogP contribution is 1.97. The van der Waals surface area contributed by atoms with E-state index in [0.717, 1.165) is 26.3 Å². The average Bonchev–Trinajstić information content (AvgIpc) is 2.43. The molecule has 19 heavy (non-hydrogen) atoms. The van der Waals surface area contributed by atoms with Crippen molar-refractivity contribution in [2.24, 2.45) is 0 Å². The van der Waals surface area contributed by atoms with E-state index < -0.39 is 0 Å². The van der Waals surface area contributed by atoms with Crippen molar-refractivity contribution >= 4 is 5.97 Å². The van der Waals surface area contributed by atoms with Gasteiger partial charge in [0.25, 0.3) is 5.56 Å². The third-order valence-corrected chi connectivity index (χ3v) is 2.84. The Balaban J connectivity index is 1.66. The summed E-state index contributed by atoms with van der Waals surface area (Å²) in [6.45, 7) is 4.29. The first kappa shape index (κ1) is 13.7. The van der Waals surface area contributed by atoms with Crippen LogP contribution < -0.4 is 5.56 Å². The summed E-state index contributed by atoms with van der Waals surface area (Å²) in [7, 11) is 0. The second-order valence-corrected chi connectivity index (χ2v) is 4.26. The lowest BCUT2D eigenvalue weighted by molar-refractivity contribution is -0.143. The van der Waals surface area contributed by atoms with Crippen molar-refractivity contribution in [2.45, 2.75) is 6.42 Å². The smallest absolute Gasteiger partial charge is 0.311 e. The number of hydrogen-bond donors (Lipinski definition) is 1. The molecule has 1 aliphatic heterocycles. The van der Waals surface area contributed by atoms with E-state index in [4.69, 9.17) is 9.47 Å². The van der Waals surface area contributed by atoms with Gasteiger partial charge in [-0.25, -0.2) is 5.10 Å². The molecule has 0 atom stereocenters. The maximum Gasteiger partial charge on any atom is 0.311 e. The zero-order chi connectivity index (χ0) is 13.5. The molecule has 1 N–H and O–H groups in total. The Morgan fingerprint density at radius 2 is 2.21 bits per heavy atom. The van der Waals surface area contributed by atoms with Crippen molar-refractivity contribution in [1.82, 2.24) is 15.1 Å². The fourth-order valence-corrected chi connectivity index (χ4v) is 1.78. The number of aromatic nitrogens is 2. The summed E-state index contributed by atoms with van der Waals surface area (Å²) >= 11 is 0. The molecule has 1 aromatic heterocycles. The van der Waals surface area contributed by atoms with Crippen LogP contribution in [0.2, 0.25) is 0 Å². The van der Waals surface area contributed by atoms with Crippen LogP contribution in [0, 0.1) is 0 Å². The minimum atomic E-state index is -0.340. The van der Waals surface area contributed by atoms with Crippen LogP contribution in [-0.4, -0.2) is 60.5 Å². The number of nitrogens with zero attached hydrogens (tertiary/aromatic N) is 2. The first-order chi connectivity index (χ1) is 9.24. The number of hydrogen-bond acceptors (Lipinski definition) is 6. The van der Waals surface area contributed by atoms with Crippen molar-refractivity contribution in [3.63, 3.8) is 0 Å². The molecule has 1 fully saturated rings. The van der Waals surface area contributed by atoms with Gasteiger partial charge in [-0.3, -0.25) is 14.5 Å². The van der Waals surface area contributed by atoms with Crippen LogP contribution >= 0.6 is 0 Å². The molecule has 0 spiro atoms. The molecular weight excluding hydrogens is 250 g/mol. The summed E-state index contributed by atoms with van der Waals surface area (Å²) in [6, 6.07) is 2.85. The molecule has 7 nitrogen and oxygen atoms in total. The minimum Gasteiger partial charge on any atom is -0.464 e. The molecule has 7 heteroatoms.